The van der Waals surface area contributed by atoms with Crippen molar-refractivity contribution in [3.05, 3.63) is 16.1 Å². The Morgan fingerprint density at radius 3 is 2.61 bits per heavy atom. The fraction of sp³-hybridized carbons (Fsp3) is 0.800. The highest BCUT2D eigenvalue weighted by Crippen LogP contribution is 2.21. The summed E-state index contributed by atoms with van der Waals surface area (Å²) in [7, 11) is 0. The van der Waals surface area contributed by atoms with E-state index in [1.54, 1.807) is 11.3 Å². The van der Waals surface area contributed by atoms with Crippen LogP contribution in [0.4, 0.5) is 0 Å². The Morgan fingerprint density at radius 2 is 2.11 bits per heavy atom. The van der Waals surface area contributed by atoms with Crippen LogP contribution in [0.2, 0.25) is 0 Å². The van der Waals surface area contributed by atoms with Crippen molar-refractivity contribution in [2.45, 2.75) is 65.8 Å². The van der Waals surface area contributed by atoms with Gasteiger partial charge in [0, 0.05) is 17.8 Å². The number of rotatable bonds is 9. The minimum Gasteiger partial charge on any atom is -0.314 e. The molecule has 0 aliphatic rings. The molecule has 2 atom stereocenters. The first-order valence-electron chi connectivity index (χ1n) is 7.35. The summed E-state index contributed by atoms with van der Waals surface area (Å²) in [6.07, 6.45) is 6.33. The van der Waals surface area contributed by atoms with Crippen LogP contribution in [0.15, 0.2) is 5.38 Å². The number of unbranched alkanes of at least 4 members (excludes halogenated alkanes) is 1. The Balaban J connectivity index is 2.61. The zero-order valence-corrected chi connectivity index (χ0v) is 13.1. The second kappa shape index (κ2) is 8.65. The van der Waals surface area contributed by atoms with Crippen LogP contribution in [0.5, 0.6) is 0 Å². The summed E-state index contributed by atoms with van der Waals surface area (Å²) in [5.74, 6) is 0.784. The molecule has 18 heavy (non-hydrogen) atoms. The average molecular weight is 268 g/mol. The maximum absolute atomic E-state index is 4.61. The summed E-state index contributed by atoms with van der Waals surface area (Å²) in [6, 6.07) is 0.591. The quantitative estimate of drug-likeness (QED) is 0.726. The molecule has 0 radical (unpaired) electrons. The van der Waals surface area contributed by atoms with E-state index in [-0.39, 0.29) is 0 Å². The van der Waals surface area contributed by atoms with Crippen molar-refractivity contribution in [3.63, 3.8) is 0 Å². The monoisotopic (exact) mass is 268 g/mol. The summed E-state index contributed by atoms with van der Waals surface area (Å²) in [6.45, 7) is 9.93. The van der Waals surface area contributed by atoms with Crippen molar-refractivity contribution < 1.29 is 0 Å². The first-order valence-corrected chi connectivity index (χ1v) is 8.23. The summed E-state index contributed by atoms with van der Waals surface area (Å²) in [5, 5.41) is 7.06. The number of nitrogens with zero attached hydrogens (tertiary/aromatic N) is 1. The van der Waals surface area contributed by atoms with Gasteiger partial charge in [-0.2, -0.15) is 0 Å². The van der Waals surface area contributed by atoms with Crippen LogP contribution >= 0.6 is 11.3 Å². The lowest BCUT2D eigenvalue weighted by Gasteiger charge is -2.26. The Hall–Kier alpha value is -0.410. The molecule has 2 unspecified atom stereocenters. The van der Waals surface area contributed by atoms with Crippen molar-refractivity contribution in [1.82, 2.24) is 10.3 Å². The van der Waals surface area contributed by atoms with E-state index >= 15 is 0 Å². The standard InChI is InChI=1S/C15H28N2S/c1-5-8-9-13(6-2)15(16-7-3)10-14-11-18-12(4)17-14/h11,13,15-16H,5-10H2,1-4H3. The normalized spacial score (nSPS) is 14.7. The van der Waals surface area contributed by atoms with E-state index in [4.69, 9.17) is 0 Å². The third-order valence-corrected chi connectivity index (χ3v) is 4.41. The Labute approximate surface area is 116 Å². The van der Waals surface area contributed by atoms with Gasteiger partial charge in [0.2, 0.25) is 0 Å². The van der Waals surface area contributed by atoms with Gasteiger partial charge in [0.15, 0.2) is 0 Å². The number of likely N-dealkylation sites (N-methyl/N-ethyl adjacent to an activating group) is 1. The van der Waals surface area contributed by atoms with Crippen molar-refractivity contribution in [2.75, 3.05) is 6.54 Å². The van der Waals surface area contributed by atoms with Gasteiger partial charge in [0.05, 0.1) is 10.7 Å². The largest absolute Gasteiger partial charge is 0.314 e. The number of aromatic nitrogens is 1. The van der Waals surface area contributed by atoms with Crippen molar-refractivity contribution in [3.8, 4) is 0 Å². The highest BCUT2D eigenvalue weighted by Gasteiger charge is 2.19. The van der Waals surface area contributed by atoms with Crippen LogP contribution in [0.1, 0.15) is 57.2 Å². The van der Waals surface area contributed by atoms with Crippen LogP contribution in [0.3, 0.4) is 0 Å². The summed E-state index contributed by atoms with van der Waals surface area (Å²) in [5.41, 5.74) is 1.26. The van der Waals surface area contributed by atoms with Gasteiger partial charge in [0.1, 0.15) is 0 Å². The Kier molecular flexibility index (Phi) is 7.52. The first kappa shape index (κ1) is 15.6. The van der Waals surface area contributed by atoms with E-state index in [0.29, 0.717) is 6.04 Å². The SMILES string of the molecule is CCCCC(CC)C(Cc1csc(C)n1)NCC. The number of hydrogen-bond acceptors (Lipinski definition) is 3. The van der Waals surface area contributed by atoms with E-state index in [1.807, 2.05) is 0 Å². The molecule has 0 saturated carbocycles. The van der Waals surface area contributed by atoms with E-state index in [1.165, 1.54) is 36.4 Å². The third kappa shape index (κ3) is 5.07. The molecule has 2 nitrogen and oxygen atoms in total. The third-order valence-electron chi connectivity index (χ3n) is 3.58. The fourth-order valence-electron chi connectivity index (χ4n) is 2.55. The molecule has 3 heteroatoms. The maximum Gasteiger partial charge on any atom is 0.0897 e. The molecule has 104 valence electrons. The molecule has 0 saturated heterocycles. The van der Waals surface area contributed by atoms with Gasteiger partial charge >= 0.3 is 0 Å². The van der Waals surface area contributed by atoms with Crippen LogP contribution in [0.25, 0.3) is 0 Å². The predicted molar refractivity (Wildman–Crippen MR) is 81.3 cm³/mol. The zero-order chi connectivity index (χ0) is 13.4. The Morgan fingerprint density at radius 1 is 1.33 bits per heavy atom. The van der Waals surface area contributed by atoms with E-state index in [9.17, 15) is 0 Å². The predicted octanol–water partition coefficient (Wildman–Crippen LogP) is 4.19. The van der Waals surface area contributed by atoms with Crippen LogP contribution < -0.4 is 5.32 Å². The summed E-state index contributed by atoms with van der Waals surface area (Å²) < 4.78 is 0. The molecule has 1 heterocycles. The summed E-state index contributed by atoms with van der Waals surface area (Å²) in [4.78, 5) is 4.61. The molecular formula is C15H28N2S. The lowest BCUT2D eigenvalue weighted by atomic mass is 9.88. The number of thiazole rings is 1. The van der Waals surface area contributed by atoms with Crippen LogP contribution in [0, 0.1) is 12.8 Å². The highest BCUT2D eigenvalue weighted by molar-refractivity contribution is 7.09. The molecule has 0 bridgehead atoms. The van der Waals surface area contributed by atoms with Crippen molar-refractivity contribution in [2.24, 2.45) is 5.92 Å². The molecular weight excluding hydrogens is 240 g/mol. The molecule has 0 aromatic carbocycles. The molecule has 1 aromatic heterocycles. The zero-order valence-electron chi connectivity index (χ0n) is 12.3. The molecule has 0 aliphatic carbocycles. The fourth-order valence-corrected chi connectivity index (χ4v) is 3.18. The minimum absolute atomic E-state index is 0.591. The van der Waals surface area contributed by atoms with Gasteiger partial charge in [0.25, 0.3) is 0 Å². The van der Waals surface area contributed by atoms with Gasteiger partial charge in [-0.1, -0.05) is 40.0 Å². The molecule has 0 aliphatic heterocycles. The second-order valence-corrected chi connectivity index (χ2v) is 6.10. The average Bonchev–Trinajstić information content (AvgIpc) is 2.76. The highest BCUT2D eigenvalue weighted by atomic mass is 32.1. The Bertz CT molecular complexity index is 322. The number of hydrogen-bond donors (Lipinski definition) is 1. The molecule has 1 N–H and O–H groups in total. The lowest BCUT2D eigenvalue weighted by Crippen LogP contribution is -2.38. The first-order chi connectivity index (χ1) is 8.71. The smallest absolute Gasteiger partial charge is 0.0897 e. The second-order valence-electron chi connectivity index (χ2n) is 5.04. The number of nitrogens with one attached hydrogen (secondary N) is 1. The van der Waals surface area contributed by atoms with Gasteiger partial charge in [-0.25, -0.2) is 4.98 Å². The molecule has 1 rings (SSSR count). The van der Waals surface area contributed by atoms with Crippen molar-refractivity contribution >= 4 is 11.3 Å². The molecule has 1 aromatic rings. The van der Waals surface area contributed by atoms with Crippen LogP contribution in [-0.4, -0.2) is 17.6 Å². The van der Waals surface area contributed by atoms with Gasteiger partial charge in [-0.05, 0) is 25.8 Å². The number of aryl methyl sites for hydroxylation is 1. The molecule has 0 fully saturated rings. The van der Waals surface area contributed by atoms with Gasteiger partial charge < -0.3 is 5.32 Å². The van der Waals surface area contributed by atoms with E-state index < -0.39 is 0 Å². The van der Waals surface area contributed by atoms with Crippen LogP contribution in [-0.2, 0) is 6.42 Å². The van der Waals surface area contributed by atoms with Crippen molar-refractivity contribution in [1.29, 1.82) is 0 Å². The lowest BCUT2D eigenvalue weighted by molar-refractivity contribution is 0.318. The summed E-state index contributed by atoms with van der Waals surface area (Å²) >= 11 is 1.76. The maximum atomic E-state index is 4.61. The van der Waals surface area contributed by atoms with Gasteiger partial charge in [-0.3, -0.25) is 0 Å². The van der Waals surface area contributed by atoms with Gasteiger partial charge in [-0.15, -0.1) is 11.3 Å². The molecule has 0 spiro atoms. The molecule has 0 amide bonds. The topological polar surface area (TPSA) is 24.9 Å². The van der Waals surface area contributed by atoms with E-state index in [2.05, 4.69) is 43.4 Å². The minimum atomic E-state index is 0.591. The van der Waals surface area contributed by atoms with E-state index in [0.717, 1.165) is 18.9 Å².